The summed E-state index contributed by atoms with van der Waals surface area (Å²) in [6.07, 6.45) is 3.34. The van der Waals surface area contributed by atoms with Crippen molar-refractivity contribution in [3.05, 3.63) is 12.4 Å². The van der Waals surface area contributed by atoms with Gasteiger partial charge in [0.15, 0.2) is 17.7 Å². The molecule has 2 heterocycles. The highest BCUT2D eigenvalue weighted by Crippen LogP contribution is 2.18. The number of aromatic nitrogens is 2. The second-order valence-electron chi connectivity index (χ2n) is 2.65. The summed E-state index contributed by atoms with van der Waals surface area (Å²) in [5, 5.41) is 0.682. The minimum Gasteiger partial charge on any atom is -0.322 e. The zero-order valence-corrected chi connectivity index (χ0v) is 7.57. The first-order valence-electron chi connectivity index (χ1n) is 3.77. The van der Waals surface area contributed by atoms with Gasteiger partial charge >= 0.3 is 0 Å². The second-order valence-corrected chi connectivity index (χ2v) is 3.05. The Morgan fingerprint density at radius 1 is 1.67 bits per heavy atom. The van der Waals surface area contributed by atoms with E-state index < -0.39 is 0 Å². The molecule has 0 spiro atoms. The van der Waals surface area contributed by atoms with Crippen molar-refractivity contribution in [2.75, 3.05) is 0 Å². The van der Waals surface area contributed by atoms with Crippen molar-refractivity contribution in [1.82, 2.24) is 9.55 Å². The number of hydrogen-bond acceptors (Lipinski definition) is 4. The minimum atomic E-state index is -0.139. The topological polar surface area (TPSA) is 36.3 Å². The largest absolute Gasteiger partial charge is 0.322 e. The highest BCUT2D eigenvalue weighted by molar-refractivity contribution is 7.80. The van der Waals surface area contributed by atoms with Gasteiger partial charge in [-0.05, 0) is 6.92 Å². The van der Waals surface area contributed by atoms with Gasteiger partial charge in [0.25, 0.3) is 0 Å². The number of rotatable bonds is 2. The molecule has 0 N–H and O–H groups in total. The SMILES string of the molecule is CC1OC(Cn2ccnc2S)O1. The lowest BCUT2D eigenvalue weighted by Gasteiger charge is -2.33. The van der Waals surface area contributed by atoms with Crippen LogP contribution in [-0.4, -0.2) is 22.1 Å². The highest BCUT2D eigenvalue weighted by atomic mass is 32.1. The number of nitrogens with zero attached hydrogens (tertiary/aromatic N) is 2. The van der Waals surface area contributed by atoms with Gasteiger partial charge in [-0.1, -0.05) is 0 Å². The van der Waals surface area contributed by atoms with Crippen LogP contribution in [0.3, 0.4) is 0 Å². The van der Waals surface area contributed by atoms with Crippen LogP contribution >= 0.6 is 12.6 Å². The van der Waals surface area contributed by atoms with Crippen LogP contribution in [0.25, 0.3) is 0 Å². The molecule has 0 unspecified atom stereocenters. The van der Waals surface area contributed by atoms with E-state index in [4.69, 9.17) is 9.47 Å². The van der Waals surface area contributed by atoms with Crippen LogP contribution in [0.15, 0.2) is 17.6 Å². The molecule has 0 aromatic carbocycles. The monoisotopic (exact) mass is 186 g/mol. The Hall–Kier alpha value is -0.520. The molecule has 4 nitrogen and oxygen atoms in total. The standard InChI is InChI=1S/C7H10N2O2S/c1-5-10-6(11-5)4-9-3-2-8-7(9)12/h2-3,5-6H,4H2,1H3,(H,8,12). The fourth-order valence-corrected chi connectivity index (χ4v) is 1.36. The van der Waals surface area contributed by atoms with Crippen LogP contribution in [0, 0.1) is 0 Å². The first kappa shape index (κ1) is 8.10. The molecule has 1 aliphatic rings. The van der Waals surface area contributed by atoms with Crippen molar-refractivity contribution in [2.45, 2.75) is 31.2 Å². The average molecular weight is 186 g/mol. The smallest absolute Gasteiger partial charge is 0.181 e. The molecule has 2 rings (SSSR count). The lowest BCUT2D eigenvalue weighted by Crippen LogP contribution is -2.41. The average Bonchev–Trinajstić information content (AvgIpc) is 2.33. The number of ether oxygens (including phenoxy) is 2. The molecule has 0 radical (unpaired) electrons. The molecule has 66 valence electrons. The van der Waals surface area contributed by atoms with E-state index in [0.717, 1.165) is 0 Å². The van der Waals surface area contributed by atoms with Crippen molar-refractivity contribution >= 4 is 12.6 Å². The molecular weight excluding hydrogens is 176 g/mol. The van der Waals surface area contributed by atoms with Crippen LogP contribution < -0.4 is 0 Å². The van der Waals surface area contributed by atoms with Gasteiger partial charge in [-0.25, -0.2) is 4.98 Å². The van der Waals surface area contributed by atoms with Crippen molar-refractivity contribution in [3.63, 3.8) is 0 Å². The van der Waals surface area contributed by atoms with E-state index in [1.165, 1.54) is 0 Å². The molecule has 1 aromatic rings. The van der Waals surface area contributed by atoms with Gasteiger partial charge < -0.3 is 14.0 Å². The lowest BCUT2D eigenvalue weighted by atomic mass is 10.5. The molecule has 1 fully saturated rings. The Morgan fingerprint density at radius 3 is 2.92 bits per heavy atom. The maximum Gasteiger partial charge on any atom is 0.181 e. The first-order valence-corrected chi connectivity index (χ1v) is 4.21. The van der Waals surface area contributed by atoms with Crippen LogP contribution in [0.5, 0.6) is 0 Å². The third-order valence-corrected chi connectivity index (χ3v) is 2.10. The summed E-state index contributed by atoms with van der Waals surface area (Å²) in [4.78, 5) is 3.96. The highest BCUT2D eigenvalue weighted by Gasteiger charge is 2.27. The van der Waals surface area contributed by atoms with E-state index in [1.54, 1.807) is 6.20 Å². The van der Waals surface area contributed by atoms with Crippen LogP contribution in [0.1, 0.15) is 6.92 Å². The summed E-state index contributed by atoms with van der Waals surface area (Å²) in [6.45, 7) is 2.52. The second kappa shape index (κ2) is 3.08. The van der Waals surface area contributed by atoms with E-state index in [0.29, 0.717) is 11.7 Å². The fourth-order valence-electron chi connectivity index (χ4n) is 1.15. The Balaban J connectivity index is 1.92. The Bertz CT molecular complexity index is 270. The zero-order chi connectivity index (χ0) is 8.55. The number of imidazole rings is 1. The molecule has 0 bridgehead atoms. The molecule has 5 heteroatoms. The number of hydrogen-bond donors (Lipinski definition) is 1. The van der Waals surface area contributed by atoms with Gasteiger partial charge in [0, 0.05) is 12.4 Å². The summed E-state index contributed by atoms with van der Waals surface area (Å²) in [5.41, 5.74) is 0. The Kier molecular flexibility index (Phi) is 2.08. The van der Waals surface area contributed by atoms with E-state index in [2.05, 4.69) is 17.6 Å². The molecule has 1 aliphatic heterocycles. The molecule has 1 saturated heterocycles. The summed E-state index contributed by atoms with van der Waals surface area (Å²) in [5.74, 6) is 0. The quantitative estimate of drug-likeness (QED) is 0.697. The summed E-state index contributed by atoms with van der Waals surface area (Å²) in [6, 6.07) is 0. The molecule has 0 amide bonds. The molecule has 12 heavy (non-hydrogen) atoms. The molecule has 0 aliphatic carbocycles. The van der Waals surface area contributed by atoms with Gasteiger partial charge in [0.05, 0.1) is 6.54 Å². The Labute approximate surface area is 75.9 Å². The van der Waals surface area contributed by atoms with Crippen LogP contribution in [0.2, 0.25) is 0 Å². The molecule has 1 aromatic heterocycles. The molecular formula is C7H10N2O2S. The Morgan fingerprint density at radius 2 is 2.42 bits per heavy atom. The number of thiol groups is 1. The van der Waals surface area contributed by atoms with Crippen molar-refractivity contribution in [2.24, 2.45) is 0 Å². The maximum atomic E-state index is 5.26. The predicted octanol–water partition coefficient (Wildman–Crippen LogP) is 0.891. The van der Waals surface area contributed by atoms with Crippen molar-refractivity contribution < 1.29 is 9.47 Å². The summed E-state index contributed by atoms with van der Waals surface area (Å²) in [7, 11) is 0. The summed E-state index contributed by atoms with van der Waals surface area (Å²) < 4.78 is 12.4. The van der Waals surface area contributed by atoms with Gasteiger partial charge in [0.2, 0.25) is 0 Å². The van der Waals surface area contributed by atoms with Crippen molar-refractivity contribution in [3.8, 4) is 0 Å². The van der Waals surface area contributed by atoms with Gasteiger partial charge in [-0.2, -0.15) is 0 Å². The van der Waals surface area contributed by atoms with Crippen LogP contribution in [0.4, 0.5) is 0 Å². The van der Waals surface area contributed by atoms with Crippen LogP contribution in [-0.2, 0) is 16.0 Å². The van der Waals surface area contributed by atoms with Gasteiger partial charge in [0.1, 0.15) is 0 Å². The van der Waals surface area contributed by atoms with Gasteiger partial charge in [-0.15, -0.1) is 12.6 Å². The third kappa shape index (κ3) is 1.48. The van der Waals surface area contributed by atoms with E-state index in [9.17, 15) is 0 Å². The van der Waals surface area contributed by atoms with Gasteiger partial charge in [-0.3, -0.25) is 0 Å². The third-order valence-electron chi connectivity index (χ3n) is 1.73. The zero-order valence-electron chi connectivity index (χ0n) is 6.67. The van der Waals surface area contributed by atoms with Crippen molar-refractivity contribution in [1.29, 1.82) is 0 Å². The van der Waals surface area contributed by atoms with E-state index in [1.807, 2.05) is 17.7 Å². The maximum absolute atomic E-state index is 5.26. The molecule has 0 saturated carbocycles. The summed E-state index contributed by atoms with van der Waals surface area (Å²) >= 11 is 4.15. The van der Waals surface area contributed by atoms with E-state index >= 15 is 0 Å². The predicted molar refractivity (Wildman–Crippen MR) is 44.9 cm³/mol. The van der Waals surface area contributed by atoms with E-state index in [-0.39, 0.29) is 12.6 Å². The minimum absolute atomic E-state index is 0.0677. The lowest BCUT2D eigenvalue weighted by molar-refractivity contribution is -0.379. The first-order chi connectivity index (χ1) is 5.75. The fraction of sp³-hybridized carbons (Fsp3) is 0.571. The molecule has 0 atom stereocenters. The normalized spacial score (nSPS) is 28.5.